The molecule has 1 saturated carbocycles. The first-order valence-electron chi connectivity index (χ1n) is 7.74. The number of carbonyl (C=O) groups is 2. The summed E-state index contributed by atoms with van der Waals surface area (Å²) >= 11 is 0. The minimum absolute atomic E-state index is 0.0603. The predicted molar refractivity (Wildman–Crippen MR) is 78.6 cm³/mol. The maximum Gasteiger partial charge on any atom is 0.303 e. The second-order valence-corrected chi connectivity index (χ2v) is 5.44. The summed E-state index contributed by atoms with van der Waals surface area (Å²) in [5.41, 5.74) is 3.75. The molecule has 1 amide bonds. The van der Waals surface area contributed by atoms with Crippen molar-refractivity contribution in [1.29, 1.82) is 0 Å². The number of hydrazone groups is 1. The van der Waals surface area contributed by atoms with Gasteiger partial charge in [0.15, 0.2) is 0 Å². The van der Waals surface area contributed by atoms with Gasteiger partial charge in [0, 0.05) is 18.6 Å². The van der Waals surface area contributed by atoms with Crippen LogP contribution in [0.25, 0.3) is 0 Å². The van der Waals surface area contributed by atoms with Crippen LogP contribution in [0.5, 0.6) is 0 Å². The Morgan fingerprint density at radius 3 is 2.20 bits per heavy atom. The molecule has 5 heteroatoms. The Hall–Kier alpha value is -1.39. The lowest BCUT2D eigenvalue weighted by Crippen LogP contribution is -2.19. The molecular formula is C15H26N2O3. The molecule has 114 valence electrons. The van der Waals surface area contributed by atoms with Gasteiger partial charge in [-0.1, -0.05) is 25.7 Å². The molecule has 1 rings (SSSR count). The minimum Gasteiger partial charge on any atom is -0.481 e. The summed E-state index contributed by atoms with van der Waals surface area (Å²) in [6, 6.07) is 0. The molecule has 0 aromatic rings. The zero-order valence-corrected chi connectivity index (χ0v) is 12.2. The zero-order valence-electron chi connectivity index (χ0n) is 12.2. The van der Waals surface area contributed by atoms with E-state index in [4.69, 9.17) is 5.11 Å². The Morgan fingerprint density at radius 2 is 1.55 bits per heavy atom. The third-order valence-electron chi connectivity index (χ3n) is 3.56. The number of hydrogen-bond acceptors (Lipinski definition) is 3. The molecule has 0 atom stereocenters. The van der Waals surface area contributed by atoms with E-state index in [0.717, 1.165) is 31.4 Å². The number of carbonyl (C=O) groups excluding carboxylic acids is 1. The number of carboxylic acids is 1. The Labute approximate surface area is 120 Å². The van der Waals surface area contributed by atoms with E-state index < -0.39 is 5.97 Å². The minimum atomic E-state index is -0.773. The van der Waals surface area contributed by atoms with Gasteiger partial charge < -0.3 is 5.11 Å². The Bertz CT molecular complexity index is 330. The third kappa shape index (κ3) is 8.67. The molecule has 0 aliphatic heterocycles. The highest BCUT2D eigenvalue weighted by Crippen LogP contribution is 2.14. The summed E-state index contributed by atoms with van der Waals surface area (Å²) in [4.78, 5) is 21.9. The van der Waals surface area contributed by atoms with Crippen molar-refractivity contribution in [2.45, 2.75) is 77.0 Å². The second kappa shape index (κ2) is 10.4. The molecule has 20 heavy (non-hydrogen) atoms. The molecule has 0 bridgehead atoms. The molecule has 2 N–H and O–H groups in total. The molecule has 0 aromatic heterocycles. The summed E-state index contributed by atoms with van der Waals surface area (Å²) < 4.78 is 0. The van der Waals surface area contributed by atoms with Crippen LogP contribution in [0.15, 0.2) is 5.10 Å². The van der Waals surface area contributed by atoms with Gasteiger partial charge in [0.2, 0.25) is 5.91 Å². The Kier molecular flexibility index (Phi) is 8.67. The highest BCUT2D eigenvalue weighted by Gasteiger charge is 2.06. The van der Waals surface area contributed by atoms with Crippen LogP contribution in [0.1, 0.15) is 77.0 Å². The van der Waals surface area contributed by atoms with Crippen LogP contribution >= 0.6 is 0 Å². The van der Waals surface area contributed by atoms with Crippen LogP contribution in [-0.4, -0.2) is 22.7 Å². The molecule has 0 unspecified atom stereocenters. The van der Waals surface area contributed by atoms with E-state index in [9.17, 15) is 9.59 Å². The van der Waals surface area contributed by atoms with Gasteiger partial charge in [0.25, 0.3) is 0 Å². The van der Waals surface area contributed by atoms with Crippen molar-refractivity contribution in [2.75, 3.05) is 0 Å². The molecule has 0 aromatic carbocycles. The lowest BCUT2D eigenvalue weighted by Gasteiger charge is -2.10. The zero-order chi connectivity index (χ0) is 14.6. The standard InChI is InChI=1S/C15H26N2O3/c18-14(11-7-4-8-12-15(19)20)17-16-13-9-5-2-1-3-6-10-13/h1-12H2,(H,17,18)(H,19,20). The van der Waals surface area contributed by atoms with Gasteiger partial charge in [-0.05, 0) is 38.5 Å². The topological polar surface area (TPSA) is 78.8 Å². The number of nitrogens with one attached hydrogen (secondary N) is 1. The van der Waals surface area contributed by atoms with Crippen molar-refractivity contribution in [3.8, 4) is 0 Å². The quantitative estimate of drug-likeness (QED) is 0.555. The largest absolute Gasteiger partial charge is 0.481 e. The fourth-order valence-corrected chi connectivity index (χ4v) is 2.36. The first-order chi connectivity index (χ1) is 9.68. The van der Waals surface area contributed by atoms with E-state index >= 15 is 0 Å². The SMILES string of the molecule is O=C(O)CCCCCC(=O)NN=C1CCCCCCC1. The molecular weight excluding hydrogens is 256 g/mol. The van der Waals surface area contributed by atoms with Crippen molar-refractivity contribution in [3.05, 3.63) is 0 Å². The van der Waals surface area contributed by atoms with Gasteiger partial charge in [-0.3, -0.25) is 9.59 Å². The number of rotatable bonds is 7. The number of aliphatic carboxylic acids is 1. The monoisotopic (exact) mass is 282 g/mol. The summed E-state index contributed by atoms with van der Waals surface area (Å²) in [5.74, 6) is -0.833. The first-order valence-corrected chi connectivity index (χ1v) is 7.74. The number of carboxylic acid groups (broad SMARTS) is 1. The Balaban J connectivity index is 2.12. The van der Waals surface area contributed by atoms with E-state index in [0.29, 0.717) is 12.8 Å². The third-order valence-corrected chi connectivity index (χ3v) is 3.56. The normalized spacial score (nSPS) is 16.1. The smallest absolute Gasteiger partial charge is 0.303 e. The molecule has 0 heterocycles. The summed E-state index contributed by atoms with van der Waals surface area (Å²) in [5, 5.41) is 12.7. The number of amides is 1. The van der Waals surface area contributed by atoms with Crippen LogP contribution in [0.3, 0.4) is 0 Å². The summed E-state index contributed by atoms with van der Waals surface area (Å²) in [6.45, 7) is 0. The lowest BCUT2D eigenvalue weighted by atomic mass is 9.99. The average Bonchev–Trinajstić information content (AvgIpc) is 2.36. The number of unbranched alkanes of at least 4 members (excludes halogenated alkanes) is 2. The molecule has 1 fully saturated rings. The van der Waals surface area contributed by atoms with Crippen LogP contribution in [0.4, 0.5) is 0 Å². The maximum absolute atomic E-state index is 11.6. The van der Waals surface area contributed by atoms with Crippen molar-refractivity contribution in [2.24, 2.45) is 5.10 Å². The van der Waals surface area contributed by atoms with Crippen LogP contribution < -0.4 is 5.43 Å². The van der Waals surface area contributed by atoms with Crippen LogP contribution in [0, 0.1) is 0 Å². The summed E-state index contributed by atoms with van der Waals surface area (Å²) in [7, 11) is 0. The first kappa shape index (κ1) is 16.7. The number of nitrogens with zero attached hydrogens (tertiary/aromatic N) is 1. The van der Waals surface area contributed by atoms with E-state index in [1.165, 1.54) is 32.1 Å². The van der Waals surface area contributed by atoms with Crippen molar-refractivity contribution in [1.82, 2.24) is 5.43 Å². The van der Waals surface area contributed by atoms with E-state index in [1.54, 1.807) is 0 Å². The number of hydrogen-bond donors (Lipinski definition) is 2. The van der Waals surface area contributed by atoms with Crippen LogP contribution in [-0.2, 0) is 9.59 Å². The van der Waals surface area contributed by atoms with Gasteiger partial charge in [-0.15, -0.1) is 0 Å². The molecule has 1 aliphatic carbocycles. The van der Waals surface area contributed by atoms with Crippen LogP contribution in [0.2, 0.25) is 0 Å². The highest BCUT2D eigenvalue weighted by molar-refractivity contribution is 5.86. The van der Waals surface area contributed by atoms with Crippen molar-refractivity contribution >= 4 is 17.6 Å². The lowest BCUT2D eigenvalue weighted by molar-refractivity contribution is -0.137. The van der Waals surface area contributed by atoms with Gasteiger partial charge >= 0.3 is 5.97 Å². The molecule has 1 aliphatic rings. The average molecular weight is 282 g/mol. The van der Waals surface area contributed by atoms with Gasteiger partial charge in [-0.25, -0.2) is 5.43 Å². The van der Waals surface area contributed by atoms with Gasteiger partial charge in [-0.2, -0.15) is 5.10 Å². The fraction of sp³-hybridized carbons (Fsp3) is 0.800. The van der Waals surface area contributed by atoms with Crippen molar-refractivity contribution < 1.29 is 14.7 Å². The second-order valence-electron chi connectivity index (χ2n) is 5.44. The molecule has 0 spiro atoms. The molecule has 0 radical (unpaired) electrons. The van der Waals surface area contributed by atoms with Gasteiger partial charge in [0.05, 0.1) is 0 Å². The van der Waals surface area contributed by atoms with E-state index in [1.807, 2.05) is 0 Å². The highest BCUT2D eigenvalue weighted by atomic mass is 16.4. The molecule has 5 nitrogen and oxygen atoms in total. The van der Waals surface area contributed by atoms with Crippen molar-refractivity contribution in [3.63, 3.8) is 0 Å². The van der Waals surface area contributed by atoms with E-state index in [-0.39, 0.29) is 12.3 Å². The van der Waals surface area contributed by atoms with Gasteiger partial charge in [0.1, 0.15) is 0 Å². The van der Waals surface area contributed by atoms with E-state index in [2.05, 4.69) is 10.5 Å². The predicted octanol–water partition coefficient (Wildman–Crippen LogP) is 3.24. The Morgan fingerprint density at radius 1 is 0.950 bits per heavy atom. The molecule has 0 saturated heterocycles. The maximum atomic E-state index is 11.6. The fourth-order valence-electron chi connectivity index (χ4n) is 2.36. The summed E-state index contributed by atoms with van der Waals surface area (Å²) in [6.07, 6.45) is 10.9.